The van der Waals surface area contributed by atoms with Crippen LogP contribution in [-0.2, 0) is 49.1 Å². The Bertz CT molecular complexity index is 1690. The molecule has 1 atom stereocenters. The van der Waals surface area contributed by atoms with Gasteiger partial charge in [0.2, 0.25) is 5.60 Å². The number of cyclic esters (lactones) is 1. The summed E-state index contributed by atoms with van der Waals surface area (Å²) in [5.74, 6) is -2.09. The van der Waals surface area contributed by atoms with E-state index in [1.807, 2.05) is 0 Å². The highest BCUT2D eigenvalue weighted by atomic mass is 19.1. The van der Waals surface area contributed by atoms with Crippen LogP contribution in [0.4, 0.5) is 9.18 Å². The van der Waals surface area contributed by atoms with Gasteiger partial charge in [-0.3, -0.25) is 9.59 Å². The number of nitrogens with two attached hydrogens (primary N) is 1. The van der Waals surface area contributed by atoms with Crippen molar-refractivity contribution in [3.63, 3.8) is 0 Å². The molecule has 2 aliphatic rings. The van der Waals surface area contributed by atoms with Gasteiger partial charge in [0.15, 0.2) is 0 Å². The molecule has 5 rings (SSSR count). The summed E-state index contributed by atoms with van der Waals surface area (Å²) in [6, 6.07) is 4.56. The van der Waals surface area contributed by atoms with Crippen LogP contribution in [0.3, 0.4) is 0 Å². The van der Waals surface area contributed by atoms with Gasteiger partial charge in [0.05, 0.1) is 35.6 Å². The summed E-state index contributed by atoms with van der Waals surface area (Å²) in [6.45, 7) is 7.88. The molecule has 11 nitrogen and oxygen atoms in total. The first-order valence-corrected chi connectivity index (χ1v) is 13.2. The number of hydrogen-bond donors (Lipinski definition) is 2. The number of rotatable bonds is 5. The molecule has 3 N–H and O–H groups in total. The zero-order chi connectivity index (χ0) is 29.9. The van der Waals surface area contributed by atoms with Crippen molar-refractivity contribution in [1.82, 2.24) is 14.9 Å². The monoisotopic (exact) mass is 566 g/mol. The molecule has 0 bridgehead atoms. The number of amides is 1. The first-order chi connectivity index (χ1) is 19.3. The molecule has 0 saturated carbocycles. The first kappa shape index (κ1) is 28.2. The van der Waals surface area contributed by atoms with Gasteiger partial charge in [-0.2, -0.15) is 0 Å². The van der Waals surface area contributed by atoms with E-state index in [2.05, 4.69) is 5.32 Å². The maximum atomic E-state index is 14.7. The summed E-state index contributed by atoms with van der Waals surface area (Å²) in [7, 11) is 0. The molecule has 0 spiro atoms. The fraction of sp³-hybridized carbons (Fsp3) is 0.414. The molecule has 3 aromatic rings. The van der Waals surface area contributed by atoms with Crippen LogP contribution < -0.4 is 16.6 Å². The summed E-state index contributed by atoms with van der Waals surface area (Å²) in [5, 5.41) is 3.37. The van der Waals surface area contributed by atoms with Crippen LogP contribution in [0.2, 0.25) is 0 Å². The second-order valence-electron chi connectivity index (χ2n) is 11.1. The molecular formula is C29H31FN4O7. The molecule has 2 aliphatic heterocycles. The average Bonchev–Trinajstić information content (AvgIpc) is 3.27. The Hall–Kier alpha value is -4.32. The topological polar surface area (TPSA) is 152 Å². The summed E-state index contributed by atoms with van der Waals surface area (Å²) in [5.41, 5.74) is 5.57. The molecule has 0 saturated heterocycles. The van der Waals surface area contributed by atoms with Gasteiger partial charge < -0.3 is 29.8 Å². The standard InChI is InChI=1S/C29H31FN4O7/c1-6-29(40-23(35)10-31)19-8-22-24-17(12-34(22)25(36)18(19)13-39-26(29)37)16(11-32-27(38)41-28(3,4)5)15-7-14(2)20(30)9-21(15)33-24/h7-9H,6,10-13,31H2,1-5H3,(H,32,38)/t29-/m0/s1. The van der Waals surface area contributed by atoms with Gasteiger partial charge in [0.25, 0.3) is 5.56 Å². The van der Waals surface area contributed by atoms with Crippen molar-refractivity contribution < 1.29 is 33.0 Å². The average molecular weight is 567 g/mol. The number of alkyl carbamates (subject to hydrolysis) is 1. The van der Waals surface area contributed by atoms with Crippen molar-refractivity contribution in [2.24, 2.45) is 5.73 Å². The number of fused-ring (bicyclic) bond motifs is 5. The van der Waals surface area contributed by atoms with E-state index in [4.69, 9.17) is 24.9 Å². The third-order valence-electron chi connectivity index (χ3n) is 7.32. The second kappa shape index (κ2) is 9.95. The van der Waals surface area contributed by atoms with E-state index in [1.54, 1.807) is 46.8 Å². The van der Waals surface area contributed by atoms with Crippen molar-refractivity contribution in [1.29, 1.82) is 0 Å². The molecule has 4 heterocycles. The summed E-state index contributed by atoms with van der Waals surface area (Å²) >= 11 is 0. The van der Waals surface area contributed by atoms with Gasteiger partial charge in [-0.05, 0) is 57.4 Å². The number of halogens is 1. The minimum atomic E-state index is -1.86. The zero-order valence-corrected chi connectivity index (χ0v) is 23.5. The van der Waals surface area contributed by atoms with Gasteiger partial charge in [0.1, 0.15) is 18.0 Å². The number of aromatic nitrogens is 2. The minimum Gasteiger partial charge on any atom is -0.457 e. The fourth-order valence-electron chi connectivity index (χ4n) is 5.36. The van der Waals surface area contributed by atoms with E-state index in [-0.39, 0.29) is 37.2 Å². The Balaban J connectivity index is 1.71. The lowest BCUT2D eigenvalue weighted by Gasteiger charge is -2.35. The van der Waals surface area contributed by atoms with Crippen molar-refractivity contribution in [3.05, 3.63) is 62.2 Å². The smallest absolute Gasteiger partial charge is 0.407 e. The maximum absolute atomic E-state index is 14.7. The second-order valence-corrected chi connectivity index (χ2v) is 11.1. The van der Waals surface area contributed by atoms with Gasteiger partial charge in [-0.25, -0.2) is 19.0 Å². The minimum absolute atomic E-state index is 0.00101. The first-order valence-electron chi connectivity index (χ1n) is 13.2. The number of hydrogen-bond acceptors (Lipinski definition) is 9. The molecule has 0 unspecified atom stereocenters. The lowest BCUT2D eigenvalue weighted by Crippen LogP contribution is -2.48. The van der Waals surface area contributed by atoms with Crippen molar-refractivity contribution in [2.75, 3.05) is 6.54 Å². The van der Waals surface area contributed by atoms with Crippen molar-refractivity contribution >= 4 is 28.9 Å². The Morgan fingerprint density at radius 3 is 2.61 bits per heavy atom. The number of aryl methyl sites for hydroxylation is 1. The van der Waals surface area contributed by atoms with E-state index in [1.165, 1.54) is 10.6 Å². The van der Waals surface area contributed by atoms with E-state index in [0.717, 1.165) is 0 Å². The molecule has 2 aromatic heterocycles. The maximum Gasteiger partial charge on any atom is 0.407 e. The van der Waals surface area contributed by atoms with Crippen LogP contribution in [-0.4, -0.2) is 39.7 Å². The number of pyridine rings is 2. The van der Waals surface area contributed by atoms with E-state index in [9.17, 15) is 23.6 Å². The number of carbonyl (C=O) groups is 3. The summed E-state index contributed by atoms with van der Waals surface area (Å²) < 4.78 is 32.4. The highest BCUT2D eigenvalue weighted by Crippen LogP contribution is 2.42. The quantitative estimate of drug-likeness (QED) is 0.274. The molecule has 0 radical (unpaired) electrons. The predicted molar refractivity (Wildman–Crippen MR) is 145 cm³/mol. The molecule has 0 fully saturated rings. The SMILES string of the molecule is CC[C@@]1(OC(=O)CN)C(=O)OCc2c1cc1n(c2=O)Cc2c-1nc1cc(F)c(C)cc1c2CNC(=O)OC(C)(C)C. The number of nitrogens with one attached hydrogen (secondary N) is 1. The van der Waals surface area contributed by atoms with Gasteiger partial charge in [-0.1, -0.05) is 6.92 Å². The largest absolute Gasteiger partial charge is 0.457 e. The normalized spacial score (nSPS) is 17.4. The Labute approximate surface area is 234 Å². The van der Waals surface area contributed by atoms with Crippen molar-refractivity contribution in [3.8, 4) is 11.4 Å². The highest BCUT2D eigenvalue weighted by Gasteiger charge is 2.50. The fourth-order valence-corrected chi connectivity index (χ4v) is 5.36. The van der Waals surface area contributed by atoms with Crippen molar-refractivity contribution in [2.45, 2.75) is 71.9 Å². The lowest BCUT2D eigenvalue weighted by atomic mass is 9.85. The third kappa shape index (κ3) is 4.71. The Morgan fingerprint density at radius 2 is 1.95 bits per heavy atom. The van der Waals surface area contributed by atoms with Crippen LogP contribution in [0.15, 0.2) is 23.0 Å². The van der Waals surface area contributed by atoms with E-state index >= 15 is 0 Å². The summed E-state index contributed by atoms with van der Waals surface area (Å²) in [4.78, 5) is 56.3. The predicted octanol–water partition coefficient (Wildman–Crippen LogP) is 3.06. The van der Waals surface area contributed by atoms with E-state index < -0.39 is 47.2 Å². The van der Waals surface area contributed by atoms with Crippen LogP contribution in [0, 0.1) is 12.7 Å². The number of nitrogens with zero attached hydrogens (tertiary/aromatic N) is 2. The van der Waals surface area contributed by atoms with E-state index in [0.29, 0.717) is 39.0 Å². The van der Waals surface area contributed by atoms with Crippen LogP contribution >= 0.6 is 0 Å². The molecule has 0 aliphatic carbocycles. The van der Waals surface area contributed by atoms with Gasteiger partial charge >= 0.3 is 18.0 Å². The third-order valence-corrected chi connectivity index (χ3v) is 7.32. The van der Waals surface area contributed by atoms with Gasteiger partial charge in [0, 0.05) is 29.1 Å². The number of carbonyl (C=O) groups excluding carboxylic acids is 3. The zero-order valence-electron chi connectivity index (χ0n) is 23.5. The van der Waals surface area contributed by atoms with Crippen LogP contribution in [0.5, 0.6) is 0 Å². The summed E-state index contributed by atoms with van der Waals surface area (Å²) in [6.07, 6.45) is -0.635. The van der Waals surface area contributed by atoms with Crippen LogP contribution in [0.1, 0.15) is 61.9 Å². The number of ether oxygens (including phenoxy) is 3. The number of benzene rings is 1. The highest BCUT2D eigenvalue weighted by molar-refractivity contribution is 5.90. The molecule has 41 heavy (non-hydrogen) atoms. The number of esters is 2. The molecule has 1 aromatic carbocycles. The van der Waals surface area contributed by atoms with Gasteiger partial charge in [-0.15, -0.1) is 0 Å². The lowest BCUT2D eigenvalue weighted by molar-refractivity contribution is -0.188. The Morgan fingerprint density at radius 1 is 1.22 bits per heavy atom. The molecule has 1 amide bonds. The Kier molecular flexibility index (Phi) is 6.85. The molecule has 12 heteroatoms. The molecule has 216 valence electrons. The van der Waals surface area contributed by atoms with Crippen LogP contribution in [0.25, 0.3) is 22.3 Å². The molecular weight excluding hydrogens is 535 g/mol.